The fourth-order valence-corrected chi connectivity index (χ4v) is 4.13. The quantitative estimate of drug-likeness (QED) is 0.851. The minimum absolute atomic E-state index is 0.209. The number of anilines is 3. The summed E-state index contributed by atoms with van der Waals surface area (Å²) >= 11 is 0. The van der Waals surface area contributed by atoms with E-state index in [1.807, 2.05) is 54.6 Å². The summed E-state index contributed by atoms with van der Waals surface area (Å²) in [5.74, 6) is 1.86. The molecule has 3 unspecified atom stereocenters. The van der Waals surface area contributed by atoms with Crippen LogP contribution < -0.4 is 10.6 Å². The van der Waals surface area contributed by atoms with Crippen molar-refractivity contribution in [2.45, 2.75) is 25.7 Å². The molecule has 0 heterocycles. The van der Waals surface area contributed by atoms with Crippen LogP contribution in [0.15, 0.2) is 54.6 Å². The number of benzene rings is 2. The highest BCUT2D eigenvalue weighted by atomic mass is 16.1. The number of carbonyl (C=O) groups excluding carboxylic acids is 1. The smallest absolute Gasteiger partial charge is 0.227 e. The standard InChI is InChI=1S/C20H22N2O/c23-20(19-13-14-6-7-15(19)12-14)22-18-10-8-17(9-11-18)21-16-4-2-1-3-5-16/h1-5,8-11,14-15,19,21H,6-7,12-13H2,(H,22,23). The van der Waals surface area contributed by atoms with Gasteiger partial charge in [-0.2, -0.15) is 0 Å². The van der Waals surface area contributed by atoms with Crippen molar-refractivity contribution in [2.24, 2.45) is 17.8 Å². The van der Waals surface area contributed by atoms with Crippen molar-refractivity contribution in [3.05, 3.63) is 54.6 Å². The van der Waals surface area contributed by atoms with Crippen molar-refractivity contribution in [3.8, 4) is 0 Å². The molecule has 2 aromatic carbocycles. The zero-order chi connectivity index (χ0) is 15.6. The van der Waals surface area contributed by atoms with Gasteiger partial charge in [0.2, 0.25) is 5.91 Å². The summed E-state index contributed by atoms with van der Waals surface area (Å²) in [5.41, 5.74) is 2.97. The maximum atomic E-state index is 12.5. The van der Waals surface area contributed by atoms with Gasteiger partial charge in [-0.15, -0.1) is 0 Å². The summed E-state index contributed by atoms with van der Waals surface area (Å²) in [5, 5.41) is 6.44. The Kier molecular flexibility index (Phi) is 3.78. The molecule has 2 aliphatic rings. The first-order chi connectivity index (χ1) is 11.3. The average Bonchev–Trinajstić information content (AvgIpc) is 3.21. The van der Waals surface area contributed by atoms with E-state index in [4.69, 9.17) is 0 Å². The fourth-order valence-electron chi connectivity index (χ4n) is 4.13. The van der Waals surface area contributed by atoms with Crippen LogP contribution in [-0.2, 0) is 4.79 Å². The Hall–Kier alpha value is -2.29. The molecule has 0 aromatic heterocycles. The second-order valence-electron chi connectivity index (χ2n) is 6.84. The van der Waals surface area contributed by atoms with Crippen LogP contribution in [0.1, 0.15) is 25.7 Å². The highest BCUT2D eigenvalue weighted by Crippen LogP contribution is 2.48. The molecule has 118 valence electrons. The van der Waals surface area contributed by atoms with E-state index in [1.165, 1.54) is 19.3 Å². The first kappa shape index (κ1) is 14.3. The van der Waals surface area contributed by atoms with Crippen LogP contribution in [0.3, 0.4) is 0 Å². The van der Waals surface area contributed by atoms with Crippen molar-refractivity contribution >= 4 is 23.0 Å². The number of rotatable bonds is 4. The van der Waals surface area contributed by atoms with Gasteiger partial charge in [0.05, 0.1) is 0 Å². The summed E-state index contributed by atoms with van der Waals surface area (Å²) in [7, 11) is 0. The predicted molar refractivity (Wildman–Crippen MR) is 93.7 cm³/mol. The SMILES string of the molecule is O=C(Nc1ccc(Nc2ccccc2)cc1)C1CC2CCC1C2. The molecule has 0 radical (unpaired) electrons. The third-order valence-corrected chi connectivity index (χ3v) is 5.29. The van der Waals surface area contributed by atoms with Gasteiger partial charge in [-0.3, -0.25) is 4.79 Å². The van der Waals surface area contributed by atoms with E-state index in [0.29, 0.717) is 5.92 Å². The van der Waals surface area contributed by atoms with E-state index < -0.39 is 0 Å². The van der Waals surface area contributed by atoms with Gasteiger partial charge in [0.25, 0.3) is 0 Å². The van der Waals surface area contributed by atoms with E-state index in [2.05, 4.69) is 10.6 Å². The monoisotopic (exact) mass is 306 g/mol. The van der Waals surface area contributed by atoms with Crippen LogP contribution in [0.2, 0.25) is 0 Å². The molecule has 3 atom stereocenters. The second-order valence-corrected chi connectivity index (χ2v) is 6.84. The Labute approximate surface area is 137 Å². The molecular formula is C20H22N2O. The van der Waals surface area contributed by atoms with Crippen LogP contribution >= 0.6 is 0 Å². The zero-order valence-electron chi connectivity index (χ0n) is 13.2. The molecule has 4 rings (SSSR count). The molecule has 2 bridgehead atoms. The lowest BCUT2D eigenvalue weighted by molar-refractivity contribution is -0.121. The summed E-state index contributed by atoms with van der Waals surface area (Å²) in [6.45, 7) is 0. The third-order valence-electron chi connectivity index (χ3n) is 5.29. The lowest BCUT2D eigenvalue weighted by atomic mass is 9.88. The Morgan fingerprint density at radius 3 is 2.17 bits per heavy atom. The molecule has 1 amide bonds. The van der Waals surface area contributed by atoms with E-state index in [1.54, 1.807) is 0 Å². The number of carbonyl (C=O) groups is 1. The minimum Gasteiger partial charge on any atom is -0.356 e. The van der Waals surface area contributed by atoms with E-state index in [0.717, 1.165) is 29.4 Å². The van der Waals surface area contributed by atoms with Crippen LogP contribution in [0, 0.1) is 17.8 Å². The molecule has 2 aromatic rings. The molecule has 3 heteroatoms. The molecule has 23 heavy (non-hydrogen) atoms. The molecular weight excluding hydrogens is 284 g/mol. The van der Waals surface area contributed by atoms with Gasteiger partial charge in [-0.25, -0.2) is 0 Å². The van der Waals surface area contributed by atoms with Crippen LogP contribution in [0.5, 0.6) is 0 Å². The molecule has 0 saturated heterocycles. The summed E-state index contributed by atoms with van der Waals surface area (Å²) < 4.78 is 0. The normalized spacial score (nSPS) is 25.3. The Morgan fingerprint density at radius 2 is 1.52 bits per heavy atom. The number of fused-ring (bicyclic) bond motifs is 2. The molecule has 2 saturated carbocycles. The predicted octanol–water partition coefficient (Wildman–Crippen LogP) is 4.80. The molecule has 2 aliphatic carbocycles. The molecule has 0 spiro atoms. The molecule has 0 aliphatic heterocycles. The summed E-state index contributed by atoms with van der Waals surface area (Å²) in [4.78, 5) is 12.5. The highest BCUT2D eigenvalue weighted by Gasteiger charge is 2.42. The molecule has 2 N–H and O–H groups in total. The molecule has 3 nitrogen and oxygen atoms in total. The number of amides is 1. The zero-order valence-corrected chi connectivity index (χ0v) is 13.2. The maximum absolute atomic E-state index is 12.5. The highest BCUT2D eigenvalue weighted by molar-refractivity contribution is 5.93. The van der Waals surface area contributed by atoms with Gasteiger partial charge in [-0.1, -0.05) is 24.6 Å². The number of hydrogen-bond acceptors (Lipinski definition) is 2. The van der Waals surface area contributed by atoms with Crippen molar-refractivity contribution in [1.29, 1.82) is 0 Å². The van der Waals surface area contributed by atoms with E-state index in [-0.39, 0.29) is 11.8 Å². The van der Waals surface area contributed by atoms with E-state index in [9.17, 15) is 4.79 Å². The molecule has 2 fully saturated rings. The van der Waals surface area contributed by atoms with Crippen molar-refractivity contribution < 1.29 is 4.79 Å². The van der Waals surface area contributed by atoms with Crippen molar-refractivity contribution in [2.75, 3.05) is 10.6 Å². The summed E-state index contributed by atoms with van der Waals surface area (Å²) in [6.07, 6.45) is 4.92. The fraction of sp³-hybridized carbons (Fsp3) is 0.350. The van der Waals surface area contributed by atoms with Crippen LogP contribution in [0.25, 0.3) is 0 Å². The van der Waals surface area contributed by atoms with Gasteiger partial charge in [0.15, 0.2) is 0 Å². The first-order valence-corrected chi connectivity index (χ1v) is 8.51. The van der Waals surface area contributed by atoms with Crippen LogP contribution in [-0.4, -0.2) is 5.91 Å². The Balaban J connectivity index is 1.37. The number of hydrogen-bond donors (Lipinski definition) is 2. The first-order valence-electron chi connectivity index (χ1n) is 8.51. The Morgan fingerprint density at radius 1 is 0.826 bits per heavy atom. The Bertz CT molecular complexity index is 681. The van der Waals surface area contributed by atoms with Gasteiger partial charge in [-0.05, 0) is 67.5 Å². The minimum atomic E-state index is 0.209. The van der Waals surface area contributed by atoms with Gasteiger partial charge in [0.1, 0.15) is 0 Å². The lowest BCUT2D eigenvalue weighted by Crippen LogP contribution is -2.27. The number of nitrogens with one attached hydrogen (secondary N) is 2. The van der Waals surface area contributed by atoms with Crippen molar-refractivity contribution in [3.63, 3.8) is 0 Å². The largest absolute Gasteiger partial charge is 0.356 e. The summed E-state index contributed by atoms with van der Waals surface area (Å²) in [6, 6.07) is 18.0. The van der Waals surface area contributed by atoms with Crippen LogP contribution in [0.4, 0.5) is 17.1 Å². The van der Waals surface area contributed by atoms with E-state index >= 15 is 0 Å². The van der Waals surface area contributed by atoms with Crippen molar-refractivity contribution in [1.82, 2.24) is 0 Å². The van der Waals surface area contributed by atoms with Gasteiger partial charge in [0, 0.05) is 23.0 Å². The van der Waals surface area contributed by atoms with Gasteiger partial charge < -0.3 is 10.6 Å². The topological polar surface area (TPSA) is 41.1 Å². The second kappa shape index (κ2) is 6.07. The van der Waals surface area contributed by atoms with Gasteiger partial charge >= 0.3 is 0 Å². The average molecular weight is 306 g/mol. The number of para-hydroxylation sites is 1. The third kappa shape index (κ3) is 3.09. The maximum Gasteiger partial charge on any atom is 0.227 e. The lowest BCUT2D eigenvalue weighted by Gasteiger charge is -2.20.